The largest absolute Gasteiger partial charge is 0.416 e. The SMILES string of the molecule is C=IC(F)(F)c1cc(C(=O)N2CCC(N3CCN(C4CCN(C(=O)C5CCOC5)C4)CC3)CC2Cc2ccccc2)cc(C(F)(F)F)c1. The number of nitrogens with zero attached hydrogens (tertiary/aromatic N) is 4. The molecule has 0 radical (unpaired) electrons. The summed E-state index contributed by atoms with van der Waals surface area (Å²) >= 11 is -1.99. The average molecular weight is 789 g/mol. The summed E-state index contributed by atoms with van der Waals surface area (Å²) in [5, 5.41) is 0. The Morgan fingerprint density at radius 1 is 0.854 bits per heavy atom. The van der Waals surface area contributed by atoms with Crippen molar-refractivity contribution in [1.29, 1.82) is 0 Å². The molecule has 0 aromatic heterocycles. The van der Waals surface area contributed by atoms with Gasteiger partial charge in [-0.3, -0.25) is 19.4 Å². The number of halogens is 6. The molecule has 4 fully saturated rings. The van der Waals surface area contributed by atoms with Crippen LogP contribution in [-0.2, 0) is 26.1 Å². The van der Waals surface area contributed by atoms with Gasteiger partial charge in [-0.25, -0.2) is 0 Å². The summed E-state index contributed by atoms with van der Waals surface area (Å²) in [6, 6.07) is 11.9. The van der Waals surface area contributed by atoms with Crippen molar-refractivity contribution >= 4 is 37.1 Å². The highest BCUT2D eigenvalue weighted by atomic mass is 127. The number of carbonyl (C=O) groups is 2. The van der Waals surface area contributed by atoms with E-state index < -0.39 is 47.9 Å². The van der Waals surface area contributed by atoms with Crippen molar-refractivity contribution in [2.24, 2.45) is 5.92 Å². The predicted octanol–water partition coefficient (Wildman–Crippen LogP) is 5.63. The first-order valence-corrected chi connectivity index (χ1v) is 19.2. The van der Waals surface area contributed by atoms with Crippen LogP contribution < -0.4 is 0 Å². The maximum Gasteiger partial charge on any atom is 0.416 e. The Bertz CT molecular complexity index is 1460. The van der Waals surface area contributed by atoms with Gasteiger partial charge in [-0.15, -0.1) is 0 Å². The highest BCUT2D eigenvalue weighted by Gasteiger charge is 2.41. The van der Waals surface area contributed by atoms with Crippen molar-refractivity contribution in [3.63, 3.8) is 0 Å². The first-order valence-electron chi connectivity index (χ1n) is 16.6. The number of piperazine rings is 1. The van der Waals surface area contributed by atoms with Gasteiger partial charge in [-0.1, -0.05) is 34.8 Å². The molecule has 0 N–H and O–H groups in total. The molecule has 4 aliphatic heterocycles. The lowest BCUT2D eigenvalue weighted by Crippen LogP contribution is -2.58. The molecule has 0 saturated carbocycles. The second-order valence-corrected chi connectivity index (χ2v) is 15.4. The van der Waals surface area contributed by atoms with E-state index in [1.54, 1.807) is 4.90 Å². The Labute approximate surface area is 288 Å². The van der Waals surface area contributed by atoms with Crippen molar-refractivity contribution < 1.29 is 36.3 Å². The van der Waals surface area contributed by atoms with E-state index in [0.717, 1.165) is 63.7 Å². The molecular formula is C35H42F5IN4O3. The van der Waals surface area contributed by atoms with Gasteiger partial charge in [0.15, 0.2) is 0 Å². The van der Waals surface area contributed by atoms with Crippen LogP contribution in [0.25, 0.3) is 0 Å². The summed E-state index contributed by atoms with van der Waals surface area (Å²) < 4.78 is 76.0. The van der Waals surface area contributed by atoms with Crippen molar-refractivity contribution in [3.8, 4) is 0 Å². The van der Waals surface area contributed by atoms with Crippen LogP contribution in [0, 0.1) is 5.92 Å². The minimum Gasteiger partial charge on any atom is -0.381 e. The van der Waals surface area contributed by atoms with Gasteiger partial charge >= 0.3 is 10.1 Å². The average Bonchev–Trinajstić information content (AvgIpc) is 3.81. The van der Waals surface area contributed by atoms with Gasteiger partial charge < -0.3 is 14.5 Å². The molecule has 4 atom stereocenters. The topological polar surface area (TPSA) is 56.3 Å². The second kappa shape index (κ2) is 14.8. The summed E-state index contributed by atoms with van der Waals surface area (Å²) in [7, 11) is 0. The lowest BCUT2D eigenvalue weighted by Gasteiger charge is -2.47. The molecule has 13 heteroatoms. The Kier molecular flexibility index (Phi) is 10.9. The van der Waals surface area contributed by atoms with Crippen molar-refractivity contribution in [3.05, 3.63) is 70.8 Å². The molecule has 6 rings (SSSR count). The Balaban J connectivity index is 1.14. The number of likely N-dealkylation sites (tertiary alicyclic amines) is 2. The van der Waals surface area contributed by atoms with Crippen LogP contribution in [0.5, 0.6) is 0 Å². The van der Waals surface area contributed by atoms with Gasteiger partial charge in [0.1, 0.15) is 0 Å². The molecule has 7 nitrogen and oxygen atoms in total. The number of piperidine rings is 1. The maximum atomic E-state index is 14.7. The van der Waals surface area contributed by atoms with E-state index in [2.05, 4.69) is 14.3 Å². The zero-order chi connectivity index (χ0) is 34.1. The van der Waals surface area contributed by atoms with E-state index in [9.17, 15) is 31.5 Å². The molecule has 4 heterocycles. The number of hydrogen-bond donors (Lipinski definition) is 0. The summed E-state index contributed by atoms with van der Waals surface area (Å²) in [5.41, 5.74) is -1.44. The molecule has 48 heavy (non-hydrogen) atoms. The van der Waals surface area contributed by atoms with E-state index >= 15 is 0 Å². The first-order chi connectivity index (χ1) is 22.9. The molecular weight excluding hydrogens is 746 g/mol. The molecule has 4 aliphatic rings. The first kappa shape index (κ1) is 35.3. The fourth-order valence-electron chi connectivity index (χ4n) is 7.73. The van der Waals surface area contributed by atoms with Gasteiger partial charge in [0.05, 0.1) is 18.1 Å². The highest BCUT2D eigenvalue weighted by molar-refractivity contribution is 14.2. The standard InChI is InChI=1S/C35H42F5IN4O3/c1-41-35(39,40)28-19-26(18-27(20-28)34(36,37)38)33(47)45-11-8-29(21-31(45)17-24-5-3-2-4-6-24)42-12-14-43(15-13-42)30-7-10-44(22-30)32(46)25-9-16-48-23-25/h2-6,18-20,25,29-31H,1,7-17,21-23H2. The zero-order valence-electron chi connectivity index (χ0n) is 26.8. The van der Waals surface area contributed by atoms with Gasteiger partial charge in [0.2, 0.25) is 5.91 Å². The van der Waals surface area contributed by atoms with Crippen LogP contribution in [0.2, 0.25) is 0 Å². The van der Waals surface area contributed by atoms with Gasteiger partial charge in [0, 0.05) is 81.7 Å². The molecule has 4 unspecified atom stereocenters. The van der Waals surface area contributed by atoms with Crippen LogP contribution in [0.15, 0.2) is 48.5 Å². The number of ether oxygens (including phenoxy) is 1. The van der Waals surface area contributed by atoms with Gasteiger partial charge in [0.25, 0.3) is 5.91 Å². The third-order valence-corrected chi connectivity index (χ3v) is 12.0. The smallest absolute Gasteiger partial charge is 0.381 e. The van der Waals surface area contributed by atoms with Gasteiger partial charge in [-0.05, 0) is 76.6 Å². The van der Waals surface area contributed by atoms with Crippen molar-refractivity contribution in [2.45, 2.75) is 60.3 Å². The molecule has 2 amide bonds. The summed E-state index contributed by atoms with van der Waals surface area (Å²) in [5.74, 6) is -0.471. The Morgan fingerprint density at radius 2 is 1.52 bits per heavy atom. The lowest BCUT2D eigenvalue weighted by atomic mass is 9.90. The number of benzene rings is 2. The normalized spacial score (nSPS) is 26.3. The summed E-state index contributed by atoms with van der Waals surface area (Å²) in [6.45, 7) is 6.44. The molecule has 2 aromatic carbocycles. The minimum absolute atomic E-state index is 0.0197. The molecule has 0 bridgehead atoms. The molecule has 262 valence electrons. The van der Waals surface area contributed by atoms with E-state index in [1.165, 1.54) is 0 Å². The highest BCUT2D eigenvalue weighted by Crippen LogP contribution is 2.42. The molecule has 2 aromatic rings. The van der Waals surface area contributed by atoms with Crippen molar-refractivity contribution in [1.82, 2.24) is 19.6 Å². The minimum atomic E-state index is -4.88. The van der Waals surface area contributed by atoms with Crippen LogP contribution in [0.3, 0.4) is 0 Å². The fraction of sp³-hybridized carbons (Fsp3) is 0.571. The third-order valence-electron chi connectivity index (χ3n) is 10.4. The van der Waals surface area contributed by atoms with Crippen LogP contribution >= 0.6 is 20.7 Å². The van der Waals surface area contributed by atoms with E-state index in [0.29, 0.717) is 57.2 Å². The molecule has 0 spiro atoms. The molecule has 4 saturated heterocycles. The molecule has 0 aliphatic carbocycles. The lowest BCUT2D eigenvalue weighted by molar-refractivity contribution is -0.137. The number of rotatable bonds is 8. The van der Waals surface area contributed by atoms with Gasteiger partial charge in [-0.2, -0.15) is 22.0 Å². The Hall–Kier alpha value is -2.49. The zero-order valence-corrected chi connectivity index (χ0v) is 29.0. The summed E-state index contributed by atoms with van der Waals surface area (Å²) in [6.07, 6.45) is -1.36. The number of carbonyl (C=O) groups excluding carboxylic acids is 2. The number of hydrogen-bond acceptors (Lipinski definition) is 5. The van der Waals surface area contributed by atoms with Crippen LogP contribution in [0.1, 0.15) is 52.7 Å². The second-order valence-electron chi connectivity index (χ2n) is 13.3. The van der Waals surface area contributed by atoms with Crippen molar-refractivity contribution in [2.75, 3.05) is 59.0 Å². The summed E-state index contributed by atoms with van der Waals surface area (Å²) in [4.78, 5) is 35.3. The van der Waals surface area contributed by atoms with E-state index in [4.69, 9.17) is 4.74 Å². The van der Waals surface area contributed by atoms with Crippen LogP contribution in [-0.4, -0.2) is 113 Å². The van der Waals surface area contributed by atoms with E-state index in [-0.39, 0.29) is 29.5 Å². The fourth-order valence-corrected chi connectivity index (χ4v) is 8.48. The number of amides is 2. The number of alkyl halides is 6. The predicted molar refractivity (Wildman–Crippen MR) is 182 cm³/mol. The monoisotopic (exact) mass is 788 g/mol. The maximum absolute atomic E-state index is 14.7. The van der Waals surface area contributed by atoms with Crippen LogP contribution in [0.4, 0.5) is 22.0 Å². The van der Waals surface area contributed by atoms with E-state index in [1.807, 2.05) is 35.2 Å². The Morgan fingerprint density at radius 3 is 2.17 bits per heavy atom. The third kappa shape index (κ3) is 7.94. The quantitative estimate of drug-likeness (QED) is 0.198.